The van der Waals surface area contributed by atoms with Crippen molar-refractivity contribution in [3.63, 3.8) is 0 Å². The standard InChI is InChI=1S/C12H17ClN2/c1-3-8(2)12-14-10-7-5-4-6-9(10)11(13)15-12/h8H,3-7H2,1-2H3. The molecule has 0 saturated heterocycles. The van der Waals surface area contributed by atoms with E-state index in [9.17, 15) is 0 Å². The Morgan fingerprint density at radius 1 is 1.27 bits per heavy atom. The van der Waals surface area contributed by atoms with Crippen LogP contribution in [0.3, 0.4) is 0 Å². The first-order chi connectivity index (χ1) is 7.22. The highest BCUT2D eigenvalue weighted by Crippen LogP contribution is 2.27. The summed E-state index contributed by atoms with van der Waals surface area (Å²) in [5, 5.41) is 0.690. The predicted molar refractivity (Wildman–Crippen MR) is 62.4 cm³/mol. The summed E-state index contributed by atoms with van der Waals surface area (Å²) >= 11 is 6.20. The molecule has 1 unspecified atom stereocenters. The van der Waals surface area contributed by atoms with Crippen LogP contribution in [-0.4, -0.2) is 9.97 Å². The number of aromatic nitrogens is 2. The lowest BCUT2D eigenvalue weighted by Gasteiger charge is -2.18. The first-order valence-corrected chi connectivity index (χ1v) is 6.15. The Labute approximate surface area is 96.1 Å². The molecule has 0 aromatic carbocycles. The van der Waals surface area contributed by atoms with Gasteiger partial charge in [0.25, 0.3) is 0 Å². The molecule has 1 aromatic rings. The summed E-state index contributed by atoms with van der Waals surface area (Å²) in [6.07, 6.45) is 5.64. The van der Waals surface area contributed by atoms with E-state index < -0.39 is 0 Å². The Morgan fingerprint density at radius 2 is 2.00 bits per heavy atom. The molecule has 0 N–H and O–H groups in total. The molecule has 1 aromatic heterocycles. The third kappa shape index (κ3) is 2.15. The molecule has 2 nitrogen and oxygen atoms in total. The van der Waals surface area contributed by atoms with Gasteiger partial charge in [0, 0.05) is 17.2 Å². The number of aryl methyl sites for hydroxylation is 1. The van der Waals surface area contributed by atoms with E-state index in [1.807, 2.05) is 0 Å². The molecule has 0 aliphatic heterocycles. The van der Waals surface area contributed by atoms with Gasteiger partial charge in [0.15, 0.2) is 0 Å². The minimum atomic E-state index is 0.412. The number of fused-ring (bicyclic) bond motifs is 1. The summed E-state index contributed by atoms with van der Waals surface area (Å²) in [5.74, 6) is 1.33. The predicted octanol–water partition coefficient (Wildman–Crippen LogP) is 3.52. The minimum Gasteiger partial charge on any atom is -0.237 e. The van der Waals surface area contributed by atoms with Crippen LogP contribution in [0.4, 0.5) is 0 Å². The van der Waals surface area contributed by atoms with E-state index in [1.54, 1.807) is 0 Å². The summed E-state index contributed by atoms with van der Waals surface area (Å²) in [5.41, 5.74) is 2.38. The van der Waals surface area contributed by atoms with Crippen molar-refractivity contribution in [3.05, 3.63) is 22.2 Å². The fourth-order valence-corrected chi connectivity index (χ4v) is 2.26. The Bertz CT molecular complexity index is 363. The molecule has 2 rings (SSSR count). The van der Waals surface area contributed by atoms with Crippen molar-refractivity contribution >= 4 is 11.6 Å². The van der Waals surface area contributed by atoms with E-state index in [4.69, 9.17) is 11.6 Å². The second kappa shape index (κ2) is 4.48. The molecular weight excluding hydrogens is 208 g/mol. The van der Waals surface area contributed by atoms with Crippen molar-refractivity contribution in [3.8, 4) is 0 Å². The molecule has 82 valence electrons. The minimum absolute atomic E-state index is 0.412. The lowest BCUT2D eigenvalue weighted by molar-refractivity contribution is 0.624. The molecule has 0 saturated carbocycles. The lowest BCUT2D eigenvalue weighted by atomic mass is 9.97. The van der Waals surface area contributed by atoms with E-state index in [0.29, 0.717) is 11.1 Å². The van der Waals surface area contributed by atoms with Crippen molar-refractivity contribution in [2.24, 2.45) is 0 Å². The molecule has 3 heteroatoms. The fraction of sp³-hybridized carbons (Fsp3) is 0.667. The van der Waals surface area contributed by atoms with Crippen molar-refractivity contribution in [1.82, 2.24) is 9.97 Å². The summed E-state index contributed by atoms with van der Waals surface area (Å²) in [7, 11) is 0. The van der Waals surface area contributed by atoms with Gasteiger partial charge in [-0.3, -0.25) is 0 Å². The van der Waals surface area contributed by atoms with Gasteiger partial charge < -0.3 is 0 Å². The first kappa shape index (κ1) is 10.9. The van der Waals surface area contributed by atoms with Gasteiger partial charge in [0.1, 0.15) is 11.0 Å². The van der Waals surface area contributed by atoms with Gasteiger partial charge in [0.2, 0.25) is 0 Å². The number of hydrogen-bond acceptors (Lipinski definition) is 2. The van der Waals surface area contributed by atoms with Crippen LogP contribution in [0.25, 0.3) is 0 Å². The Hall–Kier alpha value is -0.630. The molecule has 15 heavy (non-hydrogen) atoms. The van der Waals surface area contributed by atoms with Crippen LogP contribution in [0.1, 0.15) is 56.1 Å². The molecule has 1 aliphatic carbocycles. The topological polar surface area (TPSA) is 25.8 Å². The van der Waals surface area contributed by atoms with E-state index in [1.165, 1.54) is 24.1 Å². The third-order valence-corrected chi connectivity index (χ3v) is 3.52. The van der Waals surface area contributed by atoms with Crippen LogP contribution in [0, 0.1) is 0 Å². The van der Waals surface area contributed by atoms with Crippen molar-refractivity contribution in [1.29, 1.82) is 0 Å². The largest absolute Gasteiger partial charge is 0.237 e. The summed E-state index contributed by atoms with van der Waals surface area (Å²) in [6, 6.07) is 0. The van der Waals surface area contributed by atoms with Gasteiger partial charge in [-0.2, -0.15) is 0 Å². The number of nitrogens with zero attached hydrogens (tertiary/aromatic N) is 2. The number of halogens is 1. The van der Waals surface area contributed by atoms with E-state index in [2.05, 4.69) is 23.8 Å². The first-order valence-electron chi connectivity index (χ1n) is 5.77. The number of hydrogen-bond donors (Lipinski definition) is 0. The molecule has 1 aliphatic rings. The van der Waals surface area contributed by atoms with Gasteiger partial charge in [0.05, 0.1) is 0 Å². The molecule has 0 bridgehead atoms. The molecule has 0 fully saturated rings. The van der Waals surface area contributed by atoms with Crippen LogP contribution in [0.2, 0.25) is 5.15 Å². The van der Waals surface area contributed by atoms with Crippen LogP contribution in [0.15, 0.2) is 0 Å². The van der Waals surface area contributed by atoms with Crippen LogP contribution in [-0.2, 0) is 12.8 Å². The maximum absolute atomic E-state index is 6.20. The average Bonchev–Trinajstić information content (AvgIpc) is 2.28. The smallest absolute Gasteiger partial charge is 0.136 e. The van der Waals surface area contributed by atoms with Gasteiger partial charge in [-0.15, -0.1) is 0 Å². The highest BCUT2D eigenvalue weighted by atomic mass is 35.5. The number of rotatable bonds is 2. The lowest BCUT2D eigenvalue weighted by Crippen LogP contribution is -2.11. The zero-order valence-electron chi connectivity index (χ0n) is 9.39. The summed E-state index contributed by atoms with van der Waals surface area (Å²) in [4.78, 5) is 9.06. The summed E-state index contributed by atoms with van der Waals surface area (Å²) < 4.78 is 0. The maximum Gasteiger partial charge on any atom is 0.136 e. The van der Waals surface area contributed by atoms with Crippen molar-refractivity contribution in [2.75, 3.05) is 0 Å². The molecule has 1 atom stereocenters. The Balaban J connectivity index is 2.40. The SMILES string of the molecule is CCC(C)c1nc(Cl)c2c(n1)CCCC2. The van der Waals surface area contributed by atoms with Crippen LogP contribution >= 0.6 is 11.6 Å². The second-order valence-corrected chi connectivity index (χ2v) is 4.67. The molecule has 0 radical (unpaired) electrons. The normalized spacial score (nSPS) is 17.3. The van der Waals surface area contributed by atoms with Crippen LogP contribution in [0.5, 0.6) is 0 Å². The maximum atomic E-state index is 6.20. The highest BCUT2D eigenvalue weighted by Gasteiger charge is 2.18. The second-order valence-electron chi connectivity index (χ2n) is 4.31. The zero-order chi connectivity index (χ0) is 10.8. The van der Waals surface area contributed by atoms with E-state index >= 15 is 0 Å². The zero-order valence-corrected chi connectivity index (χ0v) is 10.1. The summed E-state index contributed by atoms with van der Waals surface area (Å²) in [6.45, 7) is 4.31. The molecule has 0 spiro atoms. The van der Waals surface area contributed by atoms with Gasteiger partial charge >= 0.3 is 0 Å². The third-order valence-electron chi connectivity index (χ3n) is 3.20. The Morgan fingerprint density at radius 3 is 2.73 bits per heavy atom. The molecule has 0 amide bonds. The quantitative estimate of drug-likeness (QED) is 0.719. The van der Waals surface area contributed by atoms with Gasteiger partial charge in [-0.05, 0) is 32.1 Å². The molecule has 1 heterocycles. The Kier molecular flexibility index (Phi) is 3.25. The van der Waals surface area contributed by atoms with Crippen molar-refractivity contribution in [2.45, 2.75) is 51.9 Å². The van der Waals surface area contributed by atoms with E-state index in [0.717, 1.165) is 25.1 Å². The average molecular weight is 225 g/mol. The van der Waals surface area contributed by atoms with Gasteiger partial charge in [-0.25, -0.2) is 9.97 Å². The van der Waals surface area contributed by atoms with Gasteiger partial charge in [-0.1, -0.05) is 25.4 Å². The fourth-order valence-electron chi connectivity index (χ4n) is 1.97. The highest BCUT2D eigenvalue weighted by molar-refractivity contribution is 6.30. The monoisotopic (exact) mass is 224 g/mol. The van der Waals surface area contributed by atoms with Crippen molar-refractivity contribution < 1.29 is 0 Å². The molecular formula is C12H17ClN2. The van der Waals surface area contributed by atoms with E-state index in [-0.39, 0.29) is 0 Å². The van der Waals surface area contributed by atoms with Crippen LogP contribution < -0.4 is 0 Å².